The molecule has 6 nitrogen and oxygen atoms in total. The average molecular weight is 307 g/mol. The zero-order valence-corrected chi connectivity index (χ0v) is 13.9. The first-order chi connectivity index (χ1) is 9.24. The van der Waals surface area contributed by atoms with Crippen LogP contribution < -0.4 is 10.0 Å². The molecule has 0 spiro atoms. The van der Waals surface area contributed by atoms with Crippen LogP contribution in [-0.2, 0) is 14.9 Å². The number of piperidine rings is 1. The van der Waals surface area contributed by atoms with Gasteiger partial charge in [0.15, 0.2) is 0 Å². The summed E-state index contributed by atoms with van der Waals surface area (Å²) >= 11 is 0. The summed E-state index contributed by atoms with van der Waals surface area (Å²) < 4.78 is 33.0. The topological polar surface area (TPSA) is 70.7 Å². The van der Waals surface area contributed by atoms with E-state index in [0.29, 0.717) is 32.2 Å². The van der Waals surface area contributed by atoms with Crippen LogP contribution in [0.1, 0.15) is 33.6 Å². The van der Waals surface area contributed by atoms with Crippen LogP contribution in [0.2, 0.25) is 0 Å². The minimum Gasteiger partial charge on any atom is -0.383 e. The van der Waals surface area contributed by atoms with E-state index in [-0.39, 0.29) is 5.54 Å². The Morgan fingerprint density at radius 2 is 1.85 bits per heavy atom. The standard InChI is InChI=1S/C13H29N3O3S/c1-13(2,3)14-11-12-5-8-16(9-6-12)20(17,18)15-7-10-19-4/h12,14-15H,5-11H2,1-4H3. The molecule has 0 unspecified atom stereocenters. The summed E-state index contributed by atoms with van der Waals surface area (Å²) in [5.74, 6) is 0.555. The molecule has 0 atom stereocenters. The lowest BCUT2D eigenvalue weighted by Crippen LogP contribution is -2.48. The molecule has 0 bridgehead atoms. The van der Waals surface area contributed by atoms with Crippen LogP contribution in [0.15, 0.2) is 0 Å². The van der Waals surface area contributed by atoms with Crippen LogP contribution in [0.5, 0.6) is 0 Å². The van der Waals surface area contributed by atoms with Crippen molar-refractivity contribution in [2.75, 3.05) is 39.9 Å². The zero-order valence-electron chi connectivity index (χ0n) is 13.1. The number of rotatable bonds is 7. The largest absolute Gasteiger partial charge is 0.383 e. The molecule has 0 saturated carbocycles. The van der Waals surface area contributed by atoms with E-state index in [0.717, 1.165) is 19.4 Å². The number of nitrogens with one attached hydrogen (secondary N) is 2. The third-order valence-electron chi connectivity index (χ3n) is 3.43. The highest BCUT2D eigenvalue weighted by Gasteiger charge is 2.27. The van der Waals surface area contributed by atoms with Gasteiger partial charge in [-0.05, 0) is 46.1 Å². The second-order valence-electron chi connectivity index (χ2n) is 6.37. The van der Waals surface area contributed by atoms with Crippen molar-refractivity contribution in [3.63, 3.8) is 0 Å². The molecule has 0 aliphatic carbocycles. The van der Waals surface area contributed by atoms with Crippen LogP contribution in [0.25, 0.3) is 0 Å². The van der Waals surface area contributed by atoms with Gasteiger partial charge in [0.1, 0.15) is 0 Å². The first kappa shape index (κ1) is 17.8. The quantitative estimate of drug-likeness (QED) is 0.675. The third-order valence-corrected chi connectivity index (χ3v) is 5.04. The molecular weight excluding hydrogens is 278 g/mol. The maximum atomic E-state index is 12.0. The molecule has 1 heterocycles. The molecule has 20 heavy (non-hydrogen) atoms. The van der Waals surface area contributed by atoms with Gasteiger partial charge < -0.3 is 10.1 Å². The second kappa shape index (κ2) is 7.70. The van der Waals surface area contributed by atoms with E-state index in [2.05, 4.69) is 30.8 Å². The number of hydrogen-bond acceptors (Lipinski definition) is 4. The summed E-state index contributed by atoms with van der Waals surface area (Å²) in [5, 5.41) is 3.49. The summed E-state index contributed by atoms with van der Waals surface area (Å²) in [6.07, 6.45) is 1.82. The van der Waals surface area contributed by atoms with Crippen molar-refractivity contribution in [2.24, 2.45) is 5.92 Å². The van der Waals surface area contributed by atoms with Gasteiger partial charge in [-0.3, -0.25) is 0 Å². The van der Waals surface area contributed by atoms with Crippen molar-refractivity contribution >= 4 is 10.2 Å². The molecule has 1 rings (SSSR count). The van der Waals surface area contributed by atoms with Crippen molar-refractivity contribution in [3.05, 3.63) is 0 Å². The maximum Gasteiger partial charge on any atom is 0.279 e. The van der Waals surface area contributed by atoms with E-state index in [9.17, 15) is 8.42 Å². The fraction of sp³-hybridized carbons (Fsp3) is 1.00. The molecule has 7 heteroatoms. The molecule has 2 N–H and O–H groups in total. The molecule has 0 radical (unpaired) electrons. The predicted octanol–water partition coefficient (Wildman–Crippen LogP) is 0.567. The highest BCUT2D eigenvalue weighted by molar-refractivity contribution is 7.87. The Balaban J connectivity index is 2.34. The third kappa shape index (κ3) is 6.49. The first-order valence-electron chi connectivity index (χ1n) is 7.23. The van der Waals surface area contributed by atoms with Crippen molar-refractivity contribution in [2.45, 2.75) is 39.2 Å². The highest BCUT2D eigenvalue weighted by Crippen LogP contribution is 2.19. The number of nitrogens with zero attached hydrogens (tertiary/aromatic N) is 1. The van der Waals surface area contributed by atoms with E-state index in [1.54, 1.807) is 7.11 Å². The summed E-state index contributed by atoms with van der Waals surface area (Å²) in [4.78, 5) is 0. The van der Waals surface area contributed by atoms with Crippen LogP contribution in [0.4, 0.5) is 0 Å². The Kier molecular flexibility index (Phi) is 6.87. The molecule has 0 aromatic rings. The Labute approximate surface area is 123 Å². The van der Waals surface area contributed by atoms with Gasteiger partial charge >= 0.3 is 0 Å². The Morgan fingerprint density at radius 1 is 1.25 bits per heavy atom. The minimum atomic E-state index is -3.34. The van der Waals surface area contributed by atoms with E-state index < -0.39 is 10.2 Å². The van der Waals surface area contributed by atoms with Crippen LogP contribution in [-0.4, -0.2) is 58.2 Å². The van der Waals surface area contributed by atoms with Gasteiger partial charge in [0, 0.05) is 32.3 Å². The van der Waals surface area contributed by atoms with Crippen molar-refractivity contribution < 1.29 is 13.2 Å². The van der Waals surface area contributed by atoms with Crippen molar-refractivity contribution in [3.8, 4) is 0 Å². The molecular formula is C13H29N3O3S. The van der Waals surface area contributed by atoms with Gasteiger partial charge in [0.2, 0.25) is 0 Å². The van der Waals surface area contributed by atoms with Gasteiger partial charge in [0.05, 0.1) is 6.61 Å². The van der Waals surface area contributed by atoms with E-state index in [1.807, 2.05) is 0 Å². The number of methoxy groups -OCH3 is 1. The SMILES string of the molecule is COCCNS(=O)(=O)N1CCC(CNC(C)(C)C)CC1. The van der Waals surface area contributed by atoms with Gasteiger partial charge in [-0.25, -0.2) is 0 Å². The van der Waals surface area contributed by atoms with Gasteiger partial charge in [0.25, 0.3) is 10.2 Å². The first-order valence-corrected chi connectivity index (χ1v) is 8.67. The van der Waals surface area contributed by atoms with E-state index in [1.165, 1.54) is 4.31 Å². The van der Waals surface area contributed by atoms with Crippen LogP contribution >= 0.6 is 0 Å². The second-order valence-corrected chi connectivity index (χ2v) is 8.12. The molecule has 1 fully saturated rings. The van der Waals surface area contributed by atoms with Crippen molar-refractivity contribution in [1.29, 1.82) is 0 Å². The van der Waals surface area contributed by atoms with Crippen molar-refractivity contribution in [1.82, 2.24) is 14.3 Å². The lowest BCUT2D eigenvalue weighted by molar-refractivity contribution is 0.202. The fourth-order valence-electron chi connectivity index (χ4n) is 2.17. The summed E-state index contributed by atoms with van der Waals surface area (Å²) in [6, 6.07) is 0. The number of hydrogen-bond donors (Lipinski definition) is 2. The predicted molar refractivity (Wildman–Crippen MR) is 80.9 cm³/mol. The van der Waals surface area contributed by atoms with Gasteiger partial charge in [-0.2, -0.15) is 17.4 Å². The Bertz CT molecular complexity index is 371. The minimum absolute atomic E-state index is 0.116. The summed E-state index contributed by atoms with van der Waals surface area (Å²) in [7, 11) is -1.78. The lowest BCUT2D eigenvalue weighted by Gasteiger charge is -2.33. The normalized spacial score (nSPS) is 19.4. The van der Waals surface area contributed by atoms with E-state index in [4.69, 9.17) is 4.74 Å². The highest BCUT2D eigenvalue weighted by atomic mass is 32.2. The summed E-state index contributed by atoms with van der Waals surface area (Å²) in [6.45, 7) is 9.30. The van der Waals surface area contributed by atoms with Gasteiger partial charge in [-0.15, -0.1) is 0 Å². The van der Waals surface area contributed by atoms with Crippen LogP contribution in [0.3, 0.4) is 0 Å². The smallest absolute Gasteiger partial charge is 0.279 e. The van der Waals surface area contributed by atoms with E-state index >= 15 is 0 Å². The monoisotopic (exact) mass is 307 g/mol. The molecule has 1 saturated heterocycles. The lowest BCUT2D eigenvalue weighted by atomic mass is 9.97. The molecule has 0 aromatic heterocycles. The number of ether oxygens (including phenoxy) is 1. The van der Waals surface area contributed by atoms with Gasteiger partial charge in [-0.1, -0.05) is 0 Å². The molecule has 1 aliphatic heterocycles. The zero-order chi connectivity index (χ0) is 15.2. The molecule has 120 valence electrons. The molecule has 0 aromatic carbocycles. The Hall–Kier alpha value is -0.210. The summed E-state index contributed by atoms with van der Waals surface area (Å²) in [5.41, 5.74) is 0.116. The maximum absolute atomic E-state index is 12.0. The molecule has 0 amide bonds. The fourth-order valence-corrected chi connectivity index (χ4v) is 3.38. The molecule has 1 aliphatic rings. The Morgan fingerprint density at radius 3 is 2.35 bits per heavy atom. The average Bonchev–Trinajstić information content (AvgIpc) is 2.36. The van der Waals surface area contributed by atoms with Crippen LogP contribution in [0, 0.1) is 5.92 Å².